The first-order valence-corrected chi connectivity index (χ1v) is 16.0. The van der Waals surface area contributed by atoms with Crippen LogP contribution in [0.3, 0.4) is 0 Å². The van der Waals surface area contributed by atoms with E-state index in [0.717, 1.165) is 0 Å². The average molecular weight is 581 g/mol. The number of benzene rings is 10. The molecule has 0 heterocycles. The summed E-state index contributed by atoms with van der Waals surface area (Å²) >= 11 is 0. The van der Waals surface area contributed by atoms with Crippen LogP contribution >= 0.6 is 0 Å². The highest BCUT2D eigenvalue weighted by atomic mass is 14.1. The molecule has 0 unspecified atom stereocenters. The predicted octanol–water partition coefficient (Wildman–Crippen LogP) is 13.1. The normalized spacial score (nSPS) is 11.9. The number of hydrogen-bond donors (Lipinski definition) is 0. The van der Waals surface area contributed by atoms with Crippen molar-refractivity contribution < 1.29 is 0 Å². The quantitative estimate of drug-likeness (QED) is 0.178. The van der Waals surface area contributed by atoms with Crippen LogP contribution in [0.25, 0.3) is 97.7 Å². The van der Waals surface area contributed by atoms with Gasteiger partial charge in [-0.3, -0.25) is 0 Å². The van der Waals surface area contributed by atoms with Crippen molar-refractivity contribution in [3.8, 4) is 22.3 Å². The second-order valence-corrected chi connectivity index (χ2v) is 12.5. The Balaban J connectivity index is 1.14. The average Bonchev–Trinajstić information content (AvgIpc) is 3.13. The Kier molecular flexibility index (Phi) is 5.38. The van der Waals surface area contributed by atoms with Crippen LogP contribution in [0.2, 0.25) is 0 Å². The van der Waals surface area contributed by atoms with Crippen LogP contribution in [0.15, 0.2) is 170 Å². The van der Waals surface area contributed by atoms with Gasteiger partial charge in [-0.2, -0.15) is 0 Å². The van der Waals surface area contributed by atoms with Crippen molar-refractivity contribution in [3.63, 3.8) is 0 Å². The second-order valence-electron chi connectivity index (χ2n) is 12.5. The van der Waals surface area contributed by atoms with E-state index in [1.54, 1.807) is 0 Å². The zero-order valence-electron chi connectivity index (χ0n) is 25.2. The van der Waals surface area contributed by atoms with E-state index >= 15 is 0 Å². The van der Waals surface area contributed by atoms with Gasteiger partial charge in [0.2, 0.25) is 0 Å². The van der Waals surface area contributed by atoms with Gasteiger partial charge in [-0.25, -0.2) is 0 Å². The van der Waals surface area contributed by atoms with E-state index in [2.05, 4.69) is 170 Å². The second kappa shape index (κ2) is 9.76. The SMILES string of the molecule is c1ccc2c(c1)ccc1ccc(-c3ccc4ccc5ccc(-c6ccc7ccc8c9ccccc9ccc8c7c6)cc5c4c3)cc12. The molecule has 10 aromatic carbocycles. The first-order chi connectivity index (χ1) is 22.8. The molecule has 10 aromatic rings. The molecule has 0 aliphatic rings. The first kappa shape index (κ1) is 25.4. The van der Waals surface area contributed by atoms with Crippen LogP contribution in [0, 0.1) is 0 Å². The Hall–Kier alpha value is -5.98. The molecule has 46 heavy (non-hydrogen) atoms. The maximum absolute atomic E-state index is 2.39. The molecule has 0 bridgehead atoms. The van der Waals surface area contributed by atoms with E-state index in [4.69, 9.17) is 0 Å². The van der Waals surface area contributed by atoms with E-state index in [0.29, 0.717) is 0 Å². The molecular formula is C46H28. The predicted molar refractivity (Wildman–Crippen MR) is 200 cm³/mol. The fraction of sp³-hybridized carbons (Fsp3) is 0. The molecule has 0 saturated heterocycles. The summed E-state index contributed by atoms with van der Waals surface area (Å²) in [5.74, 6) is 0. The Bertz CT molecular complexity index is 2850. The minimum Gasteiger partial charge on any atom is -0.0616 e. The Labute approximate surface area is 266 Å². The summed E-state index contributed by atoms with van der Waals surface area (Å²) in [4.78, 5) is 0. The highest BCUT2D eigenvalue weighted by Crippen LogP contribution is 2.37. The van der Waals surface area contributed by atoms with Crippen LogP contribution < -0.4 is 0 Å². The highest BCUT2D eigenvalue weighted by molar-refractivity contribution is 6.18. The van der Waals surface area contributed by atoms with Crippen molar-refractivity contribution >= 4 is 75.4 Å². The third-order valence-electron chi connectivity index (χ3n) is 10.00. The van der Waals surface area contributed by atoms with Crippen LogP contribution in [0.1, 0.15) is 0 Å². The van der Waals surface area contributed by atoms with Gasteiger partial charge in [0.25, 0.3) is 0 Å². The maximum Gasteiger partial charge on any atom is -0.00987 e. The Morgan fingerprint density at radius 3 is 0.870 bits per heavy atom. The molecule has 0 saturated carbocycles. The lowest BCUT2D eigenvalue weighted by Gasteiger charge is -2.12. The first-order valence-electron chi connectivity index (χ1n) is 16.0. The van der Waals surface area contributed by atoms with Crippen molar-refractivity contribution in [2.24, 2.45) is 0 Å². The van der Waals surface area contributed by atoms with Gasteiger partial charge in [0.1, 0.15) is 0 Å². The van der Waals surface area contributed by atoms with Gasteiger partial charge in [-0.15, -0.1) is 0 Å². The van der Waals surface area contributed by atoms with Crippen molar-refractivity contribution in [2.45, 2.75) is 0 Å². The minimum absolute atomic E-state index is 1.24. The lowest BCUT2D eigenvalue weighted by atomic mass is 9.92. The van der Waals surface area contributed by atoms with Gasteiger partial charge in [0, 0.05) is 0 Å². The summed E-state index contributed by atoms with van der Waals surface area (Å²) in [6.07, 6.45) is 0. The van der Waals surface area contributed by atoms with Crippen LogP contribution in [0.4, 0.5) is 0 Å². The van der Waals surface area contributed by atoms with Gasteiger partial charge >= 0.3 is 0 Å². The highest BCUT2D eigenvalue weighted by Gasteiger charge is 2.10. The molecule has 0 atom stereocenters. The molecule has 0 radical (unpaired) electrons. The van der Waals surface area contributed by atoms with E-state index in [-0.39, 0.29) is 0 Å². The molecule has 0 amide bonds. The zero-order chi connectivity index (χ0) is 30.2. The summed E-state index contributed by atoms with van der Waals surface area (Å²) in [6, 6.07) is 63.0. The molecule has 0 nitrogen and oxygen atoms in total. The van der Waals surface area contributed by atoms with Gasteiger partial charge in [-0.05, 0) is 122 Å². The minimum atomic E-state index is 1.24. The zero-order valence-corrected chi connectivity index (χ0v) is 25.2. The van der Waals surface area contributed by atoms with E-state index in [9.17, 15) is 0 Å². The van der Waals surface area contributed by atoms with Gasteiger partial charge in [0.05, 0.1) is 0 Å². The number of rotatable bonds is 2. The standard InChI is InChI=1S/C46H28/c1-3-7-39-30(6-1)21-24-42-41(39)23-22-34-16-20-36(26-44(34)42)38-19-15-33-12-11-32-14-18-37(27-45(32)46(33)28-38)35-17-13-31-10-9-29-5-2-4-8-40(29)43(31)25-35/h1-28H. The third kappa shape index (κ3) is 3.87. The van der Waals surface area contributed by atoms with E-state index < -0.39 is 0 Å². The van der Waals surface area contributed by atoms with Crippen LogP contribution in [-0.4, -0.2) is 0 Å². The van der Waals surface area contributed by atoms with Crippen molar-refractivity contribution in [1.29, 1.82) is 0 Å². The molecule has 0 fully saturated rings. The summed E-state index contributed by atoms with van der Waals surface area (Å²) in [6.45, 7) is 0. The monoisotopic (exact) mass is 580 g/mol. The van der Waals surface area contributed by atoms with E-state index in [1.165, 1.54) is 97.7 Å². The molecule has 0 spiro atoms. The fourth-order valence-electron chi connectivity index (χ4n) is 7.59. The summed E-state index contributed by atoms with van der Waals surface area (Å²) < 4.78 is 0. The molecule has 212 valence electrons. The number of hydrogen-bond acceptors (Lipinski definition) is 0. The fourth-order valence-corrected chi connectivity index (χ4v) is 7.59. The summed E-state index contributed by atoms with van der Waals surface area (Å²) in [7, 11) is 0. The molecule has 0 N–H and O–H groups in total. The molecular weight excluding hydrogens is 553 g/mol. The van der Waals surface area contributed by atoms with Gasteiger partial charge in [-0.1, -0.05) is 146 Å². The summed E-state index contributed by atoms with van der Waals surface area (Å²) in [5, 5.41) is 18.0. The number of fused-ring (bicyclic) bond motifs is 11. The molecule has 10 rings (SSSR count). The lowest BCUT2D eigenvalue weighted by Crippen LogP contribution is -1.85. The van der Waals surface area contributed by atoms with Gasteiger partial charge in [0.15, 0.2) is 0 Å². The lowest BCUT2D eigenvalue weighted by molar-refractivity contribution is 1.68. The van der Waals surface area contributed by atoms with Gasteiger partial charge < -0.3 is 0 Å². The van der Waals surface area contributed by atoms with Crippen LogP contribution in [0.5, 0.6) is 0 Å². The maximum atomic E-state index is 2.39. The molecule has 0 aromatic heterocycles. The third-order valence-corrected chi connectivity index (χ3v) is 10.00. The smallest absolute Gasteiger partial charge is 0.00987 e. The van der Waals surface area contributed by atoms with E-state index in [1.807, 2.05) is 0 Å². The molecule has 0 aliphatic heterocycles. The van der Waals surface area contributed by atoms with Crippen molar-refractivity contribution in [1.82, 2.24) is 0 Å². The van der Waals surface area contributed by atoms with Crippen LogP contribution in [-0.2, 0) is 0 Å². The molecule has 0 aliphatic carbocycles. The summed E-state index contributed by atoms with van der Waals surface area (Å²) in [5.41, 5.74) is 4.96. The molecule has 0 heteroatoms. The van der Waals surface area contributed by atoms with Crippen molar-refractivity contribution in [2.75, 3.05) is 0 Å². The Morgan fingerprint density at radius 2 is 0.435 bits per heavy atom. The van der Waals surface area contributed by atoms with Crippen molar-refractivity contribution in [3.05, 3.63) is 170 Å². The Morgan fingerprint density at radius 1 is 0.174 bits per heavy atom. The largest absolute Gasteiger partial charge is 0.0616 e. The topological polar surface area (TPSA) is 0 Å².